The van der Waals surface area contributed by atoms with E-state index >= 15 is 0 Å². The first kappa shape index (κ1) is 25.1. The van der Waals surface area contributed by atoms with Gasteiger partial charge < -0.3 is 24.6 Å². The number of esters is 1. The number of aliphatic hydroxyl groups excluding tert-OH is 1. The number of alkyl carbamates (subject to hydrolysis) is 1. The van der Waals surface area contributed by atoms with Gasteiger partial charge in [0.25, 0.3) is 0 Å². The number of nitrogens with one attached hydrogen (secondary N) is 1. The van der Waals surface area contributed by atoms with Crippen LogP contribution in [0.2, 0.25) is 0 Å². The standard InChI is InChI=1S/C24H37NO6/c1-17(25-22(28)31-23(2,3)4)19(21(27)29-5)20(26)24(12-9-13-24)14-15-30-16-18-10-7-6-8-11-18/h6-8,10-11,17,19-20,26H,9,12-16H2,1-5H3,(H,25,28)/t17-,19?,20?/m1/s1. The van der Waals surface area contributed by atoms with E-state index in [1.807, 2.05) is 30.3 Å². The smallest absolute Gasteiger partial charge is 0.407 e. The Morgan fingerprint density at radius 2 is 1.84 bits per heavy atom. The molecule has 1 amide bonds. The van der Waals surface area contributed by atoms with E-state index in [1.165, 1.54) is 7.11 Å². The van der Waals surface area contributed by atoms with Gasteiger partial charge in [-0.15, -0.1) is 0 Å². The Bertz CT molecular complexity index is 711. The number of carbonyl (C=O) groups is 2. The Labute approximate surface area is 185 Å². The first-order valence-electron chi connectivity index (χ1n) is 10.9. The maximum absolute atomic E-state index is 12.6. The van der Waals surface area contributed by atoms with Crippen molar-refractivity contribution < 1.29 is 28.9 Å². The molecule has 7 heteroatoms. The minimum atomic E-state index is -0.959. The number of benzene rings is 1. The molecule has 174 valence electrons. The van der Waals surface area contributed by atoms with Crippen LogP contribution in [0.3, 0.4) is 0 Å². The number of hydrogen-bond donors (Lipinski definition) is 2. The quantitative estimate of drug-likeness (QED) is 0.429. The van der Waals surface area contributed by atoms with Crippen LogP contribution in [0.5, 0.6) is 0 Å². The van der Waals surface area contributed by atoms with E-state index in [0.717, 1.165) is 24.8 Å². The highest BCUT2D eigenvalue weighted by molar-refractivity contribution is 5.76. The molecule has 1 saturated carbocycles. The van der Waals surface area contributed by atoms with Gasteiger partial charge in [-0.2, -0.15) is 0 Å². The monoisotopic (exact) mass is 435 g/mol. The van der Waals surface area contributed by atoms with Gasteiger partial charge in [0.05, 0.1) is 19.8 Å². The number of hydrogen-bond acceptors (Lipinski definition) is 6. The summed E-state index contributed by atoms with van der Waals surface area (Å²) >= 11 is 0. The van der Waals surface area contributed by atoms with Crippen molar-refractivity contribution in [3.05, 3.63) is 35.9 Å². The van der Waals surface area contributed by atoms with E-state index in [2.05, 4.69) is 5.32 Å². The van der Waals surface area contributed by atoms with Crippen LogP contribution in [-0.2, 0) is 25.6 Å². The van der Waals surface area contributed by atoms with Crippen molar-refractivity contribution in [1.29, 1.82) is 0 Å². The average Bonchev–Trinajstić information content (AvgIpc) is 2.65. The SMILES string of the molecule is COC(=O)C(C(O)C1(CCOCc2ccccc2)CCC1)[C@@H](C)NC(=O)OC(C)(C)C. The summed E-state index contributed by atoms with van der Waals surface area (Å²) in [5, 5.41) is 14.0. The van der Waals surface area contributed by atoms with Gasteiger partial charge in [0.15, 0.2) is 0 Å². The number of rotatable bonds is 10. The van der Waals surface area contributed by atoms with E-state index in [9.17, 15) is 14.7 Å². The highest BCUT2D eigenvalue weighted by Crippen LogP contribution is 2.49. The number of methoxy groups -OCH3 is 1. The normalized spacial score (nSPS) is 18.3. The van der Waals surface area contributed by atoms with Crippen LogP contribution in [0.4, 0.5) is 4.79 Å². The van der Waals surface area contributed by atoms with Crippen molar-refractivity contribution in [3.8, 4) is 0 Å². The Morgan fingerprint density at radius 1 is 1.19 bits per heavy atom. The molecule has 2 rings (SSSR count). The highest BCUT2D eigenvalue weighted by Gasteiger charge is 2.50. The van der Waals surface area contributed by atoms with E-state index < -0.39 is 41.1 Å². The summed E-state index contributed by atoms with van der Waals surface area (Å²) in [5.74, 6) is -1.44. The Kier molecular flexibility index (Phi) is 8.89. The third kappa shape index (κ3) is 7.21. The molecule has 0 heterocycles. The topological polar surface area (TPSA) is 94.1 Å². The minimum absolute atomic E-state index is 0.431. The molecule has 2 N–H and O–H groups in total. The molecule has 0 spiro atoms. The van der Waals surface area contributed by atoms with Crippen LogP contribution < -0.4 is 5.32 Å². The zero-order valence-electron chi connectivity index (χ0n) is 19.3. The predicted molar refractivity (Wildman–Crippen MR) is 117 cm³/mol. The second-order valence-electron chi connectivity index (χ2n) is 9.43. The Hall–Kier alpha value is -2.12. The molecule has 31 heavy (non-hydrogen) atoms. The molecule has 0 bridgehead atoms. The minimum Gasteiger partial charge on any atom is -0.469 e. The predicted octanol–water partition coefficient (Wildman–Crippen LogP) is 3.83. The molecule has 3 atom stereocenters. The molecule has 0 saturated heterocycles. The zero-order valence-corrected chi connectivity index (χ0v) is 19.3. The van der Waals surface area contributed by atoms with Crippen LogP contribution >= 0.6 is 0 Å². The summed E-state index contributed by atoms with van der Waals surface area (Å²) in [6.07, 6.45) is 1.63. The van der Waals surface area contributed by atoms with Crippen molar-refractivity contribution in [1.82, 2.24) is 5.32 Å². The van der Waals surface area contributed by atoms with E-state index in [4.69, 9.17) is 14.2 Å². The lowest BCUT2D eigenvalue weighted by atomic mass is 9.60. The van der Waals surface area contributed by atoms with Crippen molar-refractivity contribution in [2.45, 2.75) is 77.7 Å². The average molecular weight is 436 g/mol. The zero-order chi connectivity index (χ0) is 23.1. The number of ether oxygens (including phenoxy) is 3. The molecule has 1 aromatic rings. The van der Waals surface area contributed by atoms with E-state index in [0.29, 0.717) is 19.6 Å². The second kappa shape index (κ2) is 11.0. The van der Waals surface area contributed by atoms with Crippen LogP contribution in [0.1, 0.15) is 58.9 Å². The van der Waals surface area contributed by atoms with Gasteiger partial charge in [-0.25, -0.2) is 4.79 Å². The molecular formula is C24H37NO6. The number of aliphatic hydroxyl groups is 1. The van der Waals surface area contributed by atoms with Crippen molar-refractivity contribution in [3.63, 3.8) is 0 Å². The van der Waals surface area contributed by atoms with Crippen LogP contribution in [0.25, 0.3) is 0 Å². The molecule has 1 aliphatic rings. The number of amides is 1. The summed E-state index contributed by atoms with van der Waals surface area (Å²) in [6.45, 7) is 7.97. The van der Waals surface area contributed by atoms with Gasteiger partial charge in [0.1, 0.15) is 11.5 Å². The van der Waals surface area contributed by atoms with Crippen molar-refractivity contribution in [2.24, 2.45) is 11.3 Å². The van der Waals surface area contributed by atoms with E-state index in [1.54, 1.807) is 27.7 Å². The summed E-state index contributed by atoms with van der Waals surface area (Å²) in [6, 6.07) is 9.25. The van der Waals surface area contributed by atoms with Crippen LogP contribution in [0.15, 0.2) is 30.3 Å². The fraction of sp³-hybridized carbons (Fsp3) is 0.667. The highest BCUT2D eigenvalue weighted by atomic mass is 16.6. The molecule has 1 aromatic carbocycles. The molecule has 1 aliphatic carbocycles. The second-order valence-corrected chi connectivity index (χ2v) is 9.43. The summed E-state index contributed by atoms with van der Waals surface area (Å²) in [7, 11) is 1.29. The van der Waals surface area contributed by atoms with Crippen molar-refractivity contribution in [2.75, 3.05) is 13.7 Å². The molecular weight excluding hydrogens is 398 g/mol. The molecule has 1 fully saturated rings. The van der Waals surface area contributed by atoms with E-state index in [-0.39, 0.29) is 0 Å². The van der Waals surface area contributed by atoms with Crippen LogP contribution in [0, 0.1) is 11.3 Å². The molecule has 7 nitrogen and oxygen atoms in total. The van der Waals surface area contributed by atoms with Gasteiger partial charge in [-0.1, -0.05) is 36.8 Å². The maximum atomic E-state index is 12.6. The third-order valence-electron chi connectivity index (χ3n) is 5.93. The lowest BCUT2D eigenvalue weighted by molar-refractivity contribution is -0.161. The summed E-state index contributed by atoms with van der Waals surface area (Å²) in [5.41, 5.74) is 0.00164. The largest absolute Gasteiger partial charge is 0.469 e. The van der Waals surface area contributed by atoms with Gasteiger partial charge >= 0.3 is 12.1 Å². The van der Waals surface area contributed by atoms with Gasteiger partial charge in [0, 0.05) is 12.6 Å². The first-order valence-corrected chi connectivity index (χ1v) is 10.9. The first-order chi connectivity index (χ1) is 14.6. The molecule has 0 radical (unpaired) electrons. The molecule has 2 unspecified atom stereocenters. The summed E-state index contributed by atoms with van der Waals surface area (Å²) < 4.78 is 16.1. The fourth-order valence-electron chi connectivity index (χ4n) is 4.07. The van der Waals surface area contributed by atoms with Crippen LogP contribution in [-0.4, -0.2) is 48.6 Å². The lowest BCUT2D eigenvalue weighted by Crippen LogP contribution is -2.55. The maximum Gasteiger partial charge on any atom is 0.407 e. The van der Waals surface area contributed by atoms with Gasteiger partial charge in [-0.3, -0.25) is 4.79 Å². The lowest BCUT2D eigenvalue weighted by Gasteiger charge is -2.48. The van der Waals surface area contributed by atoms with Gasteiger partial charge in [0.2, 0.25) is 0 Å². The molecule has 0 aromatic heterocycles. The summed E-state index contributed by atoms with van der Waals surface area (Å²) in [4.78, 5) is 24.8. The van der Waals surface area contributed by atoms with Gasteiger partial charge in [-0.05, 0) is 57.9 Å². The Balaban J connectivity index is 2.01. The number of carbonyl (C=O) groups excluding carboxylic acids is 2. The Morgan fingerprint density at radius 3 is 2.35 bits per heavy atom. The fourth-order valence-corrected chi connectivity index (χ4v) is 4.07. The third-order valence-corrected chi connectivity index (χ3v) is 5.93. The van der Waals surface area contributed by atoms with Crippen molar-refractivity contribution >= 4 is 12.1 Å². The molecule has 0 aliphatic heterocycles.